The Kier molecular flexibility index (Phi) is 9.25. The SMILES string of the molecule is CCCCc1cc2ccccc2c(OCC[N+](C)(C)[C@H]2CCC(Cc3ccc(-c4ccsc4)nc3)C[C@@]2(O)C(N)=O)n1. The van der Waals surface area contributed by atoms with Gasteiger partial charge in [0.25, 0.3) is 5.91 Å². The molecule has 1 aliphatic rings. The van der Waals surface area contributed by atoms with Crippen LogP contribution < -0.4 is 10.5 Å². The van der Waals surface area contributed by atoms with Crippen molar-refractivity contribution in [2.75, 3.05) is 27.2 Å². The molecule has 1 aromatic carbocycles. The van der Waals surface area contributed by atoms with E-state index >= 15 is 0 Å². The number of hydrogen-bond donors (Lipinski definition) is 2. The van der Waals surface area contributed by atoms with Crippen LogP contribution in [0.15, 0.2) is 65.5 Å². The first-order valence-electron chi connectivity index (χ1n) is 15.0. The molecule has 0 aliphatic heterocycles. The number of aryl methyl sites for hydroxylation is 1. The fourth-order valence-corrected chi connectivity index (χ4v) is 7.14. The van der Waals surface area contributed by atoms with Crippen molar-refractivity contribution in [1.82, 2.24) is 9.97 Å². The van der Waals surface area contributed by atoms with E-state index in [2.05, 4.69) is 55.6 Å². The number of carbonyl (C=O) groups is 1. The van der Waals surface area contributed by atoms with Gasteiger partial charge in [0.15, 0.2) is 5.60 Å². The zero-order valence-corrected chi connectivity index (χ0v) is 25.8. The van der Waals surface area contributed by atoms with Gasteiger partial charge in [0.2, 0.25) is 5.88 Å². The highest BCUT2D eigenvalue weighted by Gasteiger charge is 2.54. The van der Waals surface area contributed by atoms with Gasteiger partial charge < -0.3 is 20.1 Å². The van der Waals surface area contributed by atoms with Crippen molar-refractivity contribution >= 4 is 28.0 Å². The lowest BCUT2D eigenvalue weighted by Crippen LogP contribution is -2.68. The Hall–Kier alpha value is -3.33. The quantitative estimate of drug-likeness (QED) is 0.205. The first kappa shape index (κ1) is 30.1. The van der Waals surface area contributed by atoms with E-state index < -0.39 is 11.5 Å². The van der Waals surface area contributed by atoms with Gasteiger partial charge in [-0.25, -0.2) is 4.98 Å². The number of pyridine rings is 2. The van der Waals surface area contributed by atoms with Gasteiger partial charge in [0, 0.05) is 34.6 Å². The van der Waals surface area contributed by atoms with Gasteiger partial charge in [-0.1, -0.05) is 37.6 Å². The maximum absolute atomic E-state index is 12.8. The second-order valence-corrected chi connectivity index (χ2v) is 13.1. The van der Waals surface area contributed by atoms with Gasteiger partial charge in [0.05, 0.1) is 19.8 Å². The molecule has 0 saturated heterocycles. The molecule has 222 valence electrons. The number of benzene rings is 1. The van der Waals surface area contributed by atoms with Crippen LogP contribution in [-0.2, 0) is 17.6 Å². The Labute approximate surface area is 253 Å². The molecule has 8 heteroatoms. The zero-order chi connectivity index (χ0) is 29.7. The summed E-state index contributed by atoms with van der Waals surface area (Å²) in [5, 5.41) is 18.0. The molecular formula is C34H43N4O3S+. The molecule has 3 atom stereocenters. The van der Waals surface area contributed by atoms with Crippen LogP contribution in [0, 0.1) is 5.92 Å². The second kappa shape index (κ2) is 12.9. The number of amides is 1. The lowest BCUT2D eigenvalue weighted by atomic mass is 9.71. The van der Waals surface area contributed by atoms with E-state index in [0.717, 1.165) is 65.4 Å². The summed E-state index contributed by atoms with van der Waals surface area (Å²) in [7, 11) is 4.11. The number of likely N-dealkylation sites (N-methyl/N-ethyl adjacent to an activating group) is 1. The Morgan fingerprint density at radius 1 is 1.19 bits per heavy atom. The highest BCUT2D eigenvalue weighted by Crippen LogP contribution is 2.39. The van der Waals surface area contributed by atoms with Crippen LogP contribution in [0.5, 0.6) is 5.88 Å². The molecule has 3 heterocycles. The predicted molar refractivity (Wildman–Crippen MR) is 169 cm³/mol. The highest BCUT2D eigenvalue weighted by atomic mass is 32.1. The van der Waals surface area contributed by atoms with Gasteiger partial charge in [-0.2, -0.15) is 11.3 Å². The molecule has 4 aromatic rings. The lowest BCUT2D eigenvalue weighted by Gasteiger charge is -2.49. The molecule has 1 fully saturated rings. The van der Waals surface area contributed by atoms with E-state index in [1.54, 1.807) is 11.3 Å². The number of quaternary nitrogens is 1. The largest absolute Gasteiger partial charge is 0.471 e. The monoisotopic (exact) mass is 587 g/mol. The number of carbonyl (C=O) groups excluding carboxylic acids is 1. The number of rotatable bonds is 12. The minimum atomic E-state index is -1.60. The summed E-state index contributed by atoms with van der Waals surface area (Å²) in [6.45, 7) is 3.20. The molecule has 7 nitrogen and oxygen atoms in total. The molecule has 1 saturated carbocycles. The standard InChI is InChI=1S/C34H42N4O3S/c1-4-5-9-28-20-26-8-6-7-10-29(26)32(37-28)41-17-16-38(2,3)31-14-12-24(21-34(31,40)33(35)39)19-25-11-13-30(36-22-25)27-15-18-42-23-27/h6-8,10-11,13,15,18,20,22-24,31,40H,4-5,9,12,14,16-17,19,21H2,1-3H3,(H-,35,39)/p+1/t24?,31-,34-/m0/s1. The summed E-state index contributed by atoms with van der Waals surface area (Å²) in [5.74, 6) is 0.142. The highest BCUT2D eigenvalue weighted by molar-refractivity contribution is 7.08. The summed E-state index contributed by atoms with van der Waals surface area (Å²) < 4.78 is 6.73. The number of thiophene rings is 1. The number of primary amides is 1. The summed E-state index contributed by atoms with van der Waals surface area (Å²) in [4.78, 5) is 22.3. The molecule has 0 spiro atoms. The number of unbranched alkanes of at least 4 members (excludes halogenated alkanes) is 1. The molecule has 3 N–H and O–H groups in total. The maximum atomic E-state index is 12.8. The normalized spacial score (nSPS) is 21.0. The van der Waals surface area contributed by atoms with Crippen LogP contribution in [0.25, 0.3) is 22.0 Å². The van der Waals surface area contributed by atoms with Crippen LogP contribution in [0.1, 0.15) is 50.3 Å². The summed E-state index contributed by atoms with van der Waals surface area (Å²) in [5.41, 5.74) is 8.52. The van der Waals surface area contributed by atoms with Crippen LogP contribution in [0.3, 0.4) is 0 Å². The fraction of sp³-hybridized carbons (Fsp3) is 0.441. The molecule has 5 rings (SSSR count). The molecule has 42 heavy (non-hydrogen) atoms. The molecule has 1 unspecified atom stereocenters. The minimum absolute atomic E-state index is 0.144. The van der Waals surface area contributed by atoms with E-state index in [9.17, 15) is 9.90 Å². The topological polar surface area (TPSA) is 98.3 Å². The molecule has 1 aliphatic carbocycles. The van der Waals surface area contributed by atoms with Gasteiger partial charge in [-0.05, 0) is 78.6 Å². The van der Waals surface area contributed by atoms with Crippen molar-refractivity contribution < 1.29 is 19.1 Å². The third-order valence-electron chi connectivity index (χ3n) is 8.89. The average molecular weight is 588 g/mol. The molecular weight excluding hydrogens is 544 g/mol. The van der Waals surface area contributed by atoms with Crippen LogP contribution in [0.4, 0.5) is 0 Å². The minimum Gasteiger partial charge on any atom is -0.471 e. The van der Waals surface area contributed by atoms with E-state index in [-0.39, 0.29) is 12.0 Å². The van der Waals surface area contributed by atoms with E-state index in [0.29, 0.717) is 36.4 Å². The first-order valence-corrected chi connectivity index (χ1v) is 16.0. The van der Waals surface area contributed by atoms with E-state index in [1.807, 2.05) is 35.8 Å². The van der Waals surface area contributed by atoms with Gasteiger partial charge in [-0.3, -0.25) is 9.78 Å². The smallest absolute Gasteiger partial charge is 0.255 e. The number of hydrogen-bond acceptors (Lipinski definition) is 6. The van der Waals surface area contributed by atoms with Gasteiger partial charge in [-0.15, -0.1) is 0 Å². The molecule has 3 aromatic heterocycles. The van der Waals surface area contributed by atoms with Gasteiger partial charge >= 0.3 is 0 Å². The van der Waals surface area contributed by atoms with Crippen molar-refractivity contribution in [3.63, 3.8) is 0 Å². The Morgan fingerprint density at radius 3 is 2.74 bits per heavy atom. The number of aromatic nitrogens is 2. The summed E-state index contributed by atoms with van der Waals surface area (Å²) >= 11 is 1.65. The molecule has 0 bridgehead atoms. The van der Waals surface area contributed by atoms with Crippen LogP contribution >= 0.6 is 11.3 Å². The second-order valence-electron chi connectivity index (χ2n) is 12.3. The molecule has 1 amide bonds. The Morgan fingerprint density at radius 2 is 2.02 bits per heavy atom. The van der Waals surface area contributed by atoms with Crippen LogP contribution in [0.2, 0.25) is 0 Å². The average Bonchev–Trinajstić information content (AvgIpc) is 3.51. The van der Waals surface area contributed by atoms with Crippen molar-refractivity contribution in [3.8, 4) is 17.1 Å². The predicted octanol–water partition coefficient (Wildman–Crippen LogP) is 5.78. The Balaban J connectivity index is 1.24. The van der Waals surface area contributed by atoms with Crippen molar-refractivity contribution in [1.29, 1.82) is 0 Å². The lowest BCUT2D eigenvalue weighted by molar-refractivity contribution is -0.922. The number of nitrogens with zero attached hydrogens (tertiary/aromatic N) is 3. The number of fused-ring (bicyclic) bond motifs is 1. The third-order valence-corrected chi connectivity index (χ3v) is 9.57. The van der Waals surface area contributed by atoms with Crippen molar-refractivity contribution in [2.45, 2.75) is 63.5 Å². The molecule has 0 radical (unpaired) electrons. The van der Waals surface area contributed by atoms with E-state index in [1.165, 1.54) is 0 Å². The third kappa shape index (κ3) is 6.66. The van der Waals surface area contributed by atoms with Gasteiger partial charge in [0.1, 0.15) is 19.2 Å². The van der Waals surface area contributed by atoms with Crippen LogP contribution in [-0.4, -0.2) is 64.4 Å². The summed E-state index contributed by atoms with van der Waals surface area (Å²) in [6.07, 6.45) is 7.72. The Bertz CT molecular complexity index is 1490. The zero-order valence-electron chi connectivity index (χ0n) is 25.0. The number of ether oxygens (including phenoxy) is 1. The first-order chi connectivity index (χ1) is 20.2. The van der Waals surface area contributed by atoms with Crippen molar-refractivity contribution in [2.24, 2.45) is 11.7 Å². The number of aliphatic hydroxyl groups is 1. The summed E-state index contributed by atoms with van der Waals surface area (Å²) in [6, 6.07) is 16.2. The van der Waals surface area contributed by atoms with Crippen molar-refractivity contribution in [3.05, 3.63) is 76.7 Å². The fourth-order valence-electron chi connectivity index (χ4n) is 6.49. The van der Waals surface area contributed by atoms with E-state index in [4.69, 9.17) is 15.5 Å². The number of nitrogens with two attached hydrogens (primary N) is 1. The maximum Gasteiger partial charge on any atom is 0.255 e.